The fraction of sp³-hybridized carbons (Fsp3) is 0.667. The van der Waals surface area contributed by atoms with Crippen LogP contribution in [0.5, 0.6) is 0 Å². The molecule has 1 rings (SSSR count). The fourth-order valence-electron chi connectivity index (χ4n) is 2.61. The number of rotatable bonds is 13. The molecule has 136 valence electrons. The molecule has 0 aliphatic heterocycles. The Morgan fingerprint density at radius 1 is 1.00 bits per heavy atom. The van der Waals surface area contributed by atoms with Crippen LogP contribution in [0.3, 0.4) is 0 Å². The highest BCUT2D eigenvalue weighted by atomic mass is 16.6. The maximum absolute atomic E-state index is 12.2. The van der Waals surface area contributed by atoms with Gasteiger partial charge in [0.15, 0.2) is 0 Å². The molecular formula is C21H34O3. The van der Waals surface area contributed by atoms with Gasteiger partial charge in [0.05, 0.1) is 12.2 Å². The lowest BCUT2D eigenvalue weighted by molar-refractivity contribution is 0.0311. The molecule has 0 saturated heterocycles. The molecule has 3 nitrogen and oxygen atoms in total. The van der Waals surface area contributed by atoms with Gasteiger partial charge in [-0.1, -0.05) is 64.7 Å². The van der Waals surface area contributed by atoms with Crippen molar-refractivity contribution >= 4 is 5.97 Å². The van der Waals surface area contributed by atoms with E-state index in [0.717, 1.165) is 43.8 Å². The Hall–Kier alpha value is -1.35. The van der Waals surface area contributed by atoms with Crippen LogP contribution in [0.15, 0.2) is 24.3 Å². The third kappa shape index (κ3) is 9.07. The molecule has 3 heteroatoms. The number of esters is 1. The second-order valence-corrected chi connectivity index (χ2v) is 6.75. The van der Waals surface area contributed by atoms with Gasteiger partial charge in [0, 0.05) is 6.61 Å². The second-order valence-electron chi connectivity index (χ2n) is 6.75. The predicted octanol–water partition coefficient (Wildman–Crippen LogP) is 5.42. The summed E-state index contributed by atoms with van der Waals surface area (Å²) in [5, 5.41) is 0. The lowest BCUT2D eigenvalue weighted by Gasteiger charge is -2.10. The third-order valence-corrected chi connectivity index (χ3v) is 4.07. The van der Waals surface area contributed by atoms with Crippen molar-refractivity contribution in [3.05, 3.63) is 35.4 Å². The molecule has 0 fully saturated rings. The van der Waals surface area contributed by atoms with Crippen molar-refractivity contribution in [2.45, 2.75) is 65.7 Å². The zero-order valence-electron chi connectivity index (χ0n) is 15.7. The standard InChI is InChI=1S/C21H34O3/c1-4-5-12-19-13-8-9-14-20(19)21(22)24-17-16-23-15-10-6-7-11-18(2)3/h8-9,13-14,18H,4-7,10-12,15-17H2,1-3H3. The number of benzene rings is 1. The molecule has 0 saturated carbocycles. The first-order valence-electron chi connectivity index (χ1n) is 9.48. The van der Waals surface area contributed by atoms with Gasteiger partial charge in [0.1, 0.15) is 6.61 Å². The molecule has 0 radical (unpaired) electrons. The monoisotopic (exact) mass is 334 g/mol. The lowest BCUT2D eigenvalue weighted by Crippen LogP contribution is -2.13. The fourth-order valence-corrected chi connectivity index (χ4v) is 2.61. The Balaban J connectivity index is 2.16. The van der Waals surface area contributed by atoms with E-state index in [4.69, 9.17) is 9.47 Å². The van der Waals surface area contributed by atoms with Gasteiger partial charge in [0.25, 0.3) is 0 Å². The Kier molecular flexibility index (Phi) is 11.2. The molecule has 0 spiro atoms. The molecular weight excluding hydrogens is 300 g/mol. The SMILES string of the molecule is CCCCc1ccccc1C(=O)OCCOCCCCCC(C)C. The van der Waals surface area contributed by atoms with E-state index in [1.54, 1.807) is 0 Å². The van der Waals surface area contributed by atoms with Crippen molar-refractivity contribution in [3.63, 3.8) is 0 Å². The summed E-state index contributed by atoms with van der Waals surface area (Å²) in [4.78, 5) is 12.2. The molecule has 0 aliphatic rings. The van der Waals surface area contributed by atoms with Gasteiger partial charge in [-0.05, 0) is 36.8 Å². The van der Waals surface area contributed by atoms with Crippen LogP contribution in [0.2, 0.25) is 0 Å². The van der Waals surface area contributed by atoms with Gasteiger partial charge in [0.2, 0.25) is 0 Å². The maximum atomic E-state index is 12.2. The number of unbranched alkanes of at least 4 members (excludes halogenated alkanes) is 3. The highest BCUT2D eigenvalue weighted by molar-refractivity contribution is 5.91. The van der Waals surface area contributed by atoms with E-state index in [1.807, 2.05) is 24.3 Å². The smallest absolute Gasteiger partial charge is 0.338 e. The van der Waals surface area contributed by atoms with Crippen molar-refractivity contribution in [1.29, 1.82) is 0 Å². The van der Waals surface area contributed by atoms with E-state index >= 15 is 0 Å². The van der Waals surface area contributed by atoms with Crippen molar-refractivity contribution in [1.82, 2.24) is 0 Å². The van der Waals surface area contributed by atoms with Crippen LogP contribution in [0.25, 0.3) is 0 Å². The normalized spacial score (nSPS) is 11.0. The summed E-state index contributed by atoms with van der Waals surface area (Å²) < 4.78 is 10.9. The Bertz CT molecular complexity index is 454. The number of carbonyl (C=O) groups is 1. The van der Waals surface area contributed by atoms with Gasteiger partial charge >= 0.3 is 5.97 Å². The highest BCUT2D eigenvalue weighted by Gasteiger charge is 2.11. The number of hydrogen-bond donors (Lipinski definition) is 0. The first-order chi connectivity index (χ1) is 11.6. The summed E-state index contributed by atoms with van der Waals surface area (Å²) in [7, 11) is 0. The second kappa shape index (κ2) is 13.0. The largest absolute Gasteiger partial charge is 0.460 e. The summed E-state index contributed by atoms with van der Waals surface area (Å²) in [6.45, 7) is 8.22. The maximum Gasteiger partial charge on any atom is 0.338 e. The van der Waals surface area contributed by atoms with Gasteiger partial charge in [-0.25, -0.2) is 4.79 Å². The van der Waals surface area contributed by atoms with Crippen molar-refractivity contribution in [3.8, 4) is 0 Å². The van der Waals surface area contributed by atoms with Gasteiger partial charge in [-0.15, -0.1) is 0 Å². The molecule has 1 aromatic carbocycles. The number of aryl methyl sites for hydroxylation is 1. The Morgan fingerprint density at radius 3 is 2.54 bits per heavy atom. The van der Waals surface area contributed by atoms with Gasteiger partial charge in [-0.3, -0.25) is 0 Å². The van der Waals surface area contributed by atoms with Crippen molar-refractivity contribution in [2.24, 2.45) is 5.92 Å². The van der Waals surface area contributed by atoms with E-state index in [0.29, 0.717) is 18.8 Å². The lowest BCUT2D eigenvalue weighted by atomic mass is 10.0. The van der Waals surface area contributed by atoms with Crippen LogP contribution >= 0.6 is 0 Å². The van der Waals surface area contributed by atoms with E-state index in [1.165, 1.54) is 19.3 Å². The third-order valence-electron chi connectivity index (χ3n) is 4.07. The Morgan fingerprint density at radius 2 is 1.79 bits per heavy atom. The quantitative estimate of drug-likeness (QED) is 0.357. The predicted molar refractivity (Wildman–Crippen MR) is 99.5 cm³/mol. The summed E-state index contributed by atoms with van der Waals surface area (Å²) in [6, 6.07) is 7.73. The number of ether oxygens (including phenoxy) is 2. The summed E-state index contributed by atoms with van der Waals surface area (Å²) in [6.07, 6.45) is 7.98. The van der Waals surface area contributed by atoms with E-state index in [9.17, 15) is 4.79 Å². The van der Waals surface area contributed by atoms with Gasteiger partial charge in [-0.2, -0.15) is 0 Å². The van der Waals surface area contributed by atoms with Crippen LogP contribution in [-0.2, 0) is 15.9 Å². The molecule has 0 aromatic heterocycles. The minimum Gasteiger partial charge on any atom is -0.460 e. The summed E-state index contributed by atoms with van der Waals surface area (Å²) in [5.74, 6) is 0.549. The Labute approximate surface area is 147 Å². The van der Waals surface area contributed by atoms with E-state index in [2.05, 4.69) is 20.8 Å². The number of carbonyl (C=O) groups excluding carboxylic acids is 1. The first kappa shape index (κ1) is 20.7. The summed E-state index contributed by atoms with van der Waals surface area (Å²) in [5.41, 5.74) is 1.77. The minimum atomic E-state index is -0.234. The molecule has 1 aromatic rings. The summed E-state index contributed by atoms with van der Waals surface area (Å²) >= 11 is 0. The average molecular weight is 335 g/mol. The van der Waals surface area contributed by atoms with Crippen molar-refractivity contribution < 1.29 is 14.3 Å². The zero-order valence-corrected chi connectivity index (χ0v) is 15.7. The molecule has 0 unspecified atom stereocenters. The minimum absolute atomic E-state index is 0.234. The molecule has 0 amide bonds. The molecule has 0 atom stereocenters. The molecule has 0 bridgehead atoms. The zero-order chi connectivity index (χ0) is 17.6. The molecule has 0 aliphatic carbocycles. The average Bonchev–Trinajstić information content (AvgIpc) is 2.58. The van der Waals surface area contributed by atoms with Crippen LogP contribution in [0, 0.1) is 5.92 Å². The first-order valence-corrected chi connectivity index (χ1v) is 9.48. The van der Waals surface area contributed by atoms with Crippen LogP contribution in [-0.4, -0.2) is 25.8 Å². The van der Waals surface area contributed by atoms with Crippen molar-refractivity contribution in [2.75, 3.05) is 19.8 Å². The van der Waals surface area contributed by atoms with Crippen LogP contribution < -0.4 is 0 Å². The molecule has 24 heavy (non-hydrogen) atoms. The van der Waals surface area contributed by atoms with Gasteiger partial charge < -0.3 is 9.47 Å². The molecule has 0 N–H and O–H groups in total. The molecule has 0 heterocycles. The number of hydrogen-bond acceptors (Lipinski definition) is 3. The highest BCUT2D eigenvalue weighted by Crippen LogP contribution is 2.13. The van der Waals surface area contributed by atoms with E-state index in [-0.39, 0.29) is 5.97 Å². The van der Waals surface area contributed by atoms with Crippen LogP contribution in [0.4, 0.5) is 0 Å². The topological polar surface area (TPSA) is 35.5 Å². The van der Waals surface area contributed by atoms with Crippen LogP contribution in [0.1, 0.15) is 75.2 Å². The van der Waals surface area contributed by atoms with E-state index < -0.39 is 0 Å².